The average molecular weight is 411 g/mol. The number of carbonyl (C=O) groups is 2. The van der Waals surface area contributed by atoms with Gasteiger partial charge in [-0.3, -0.25) is 9.59 Å². The Labute approximate surface area is 177 Å². The second kappa shape index (κ2) is 10.4. The molecule has 0 bridgehead atoms. The van der Waals surface area contributed by atoms with Crippen molar-refractivity contribution in [2.45, 2.75) is 44.2 Å². The van der Waals surface area contributed by atoms with Gasteiger partial charge in [-0.2, -0.15) is 0 Å². The van der Waals surface area contributed by atoms with Crippen molar-refractivity contribution < 1.29 is 19.4 Å². The largest absolute Gasteiger partial charge is 0.395 e. The summed E-state index contributed by atoms with van der Waals surface area (Å²) in [5.41, 5.74) is 0.746. The van der Waals surface area contributed by atoms with Crippen molar-refractivity contribution in [3.05, 3.63) is 66.2 Å². The van der Waals surface area contributed by atoms with E-state index < -0.39 is 11.5 Å². The Hall–Kier alpha value is -2.70. The molecule has 0 heterocycles. The predicted octanol–water partition coefficient (Wildman–Crippen LogP) is 2.92. The molecule has 0 unspecified atom stereocenters. The number of ether oxygens (including phenoxy) is 1. The molecule has 30 heavy (non-hydrogen) atoms. The van der Waals surface area contributed by atoms with Gasteiger partial charge in [0.2, 0.25) is 11.8 Å². The minimum absolute atomic E-state index is 0.110. The van der Waals surface area contributed by atoms with Gasteiger partial charge in [0.25, 0.3) is 0 Å². The van der Waals surface area contributed by atoms with E-state index in [1.165, 1.54) is 0 Å². The summed E-state index contributed by atoms with van der Waals surface area (Å²) < 4.78 is 5.40. The molecule has 6 heteroatoms. The number of aliphatic hydroxyl groups excluding tert-OH is 1. The van der Waals surface area contributed by atoms with Crippen molar-refractivity contribution in [2.75, 3.05) is 19.0 Å². The zero-order chi connectivity index (χ0) is 21.4. The number of carbonyl (C=O) groups excluding carboxylic acids is 2. The molecule has 0 aliphatic heterocycles. The molecule has 1 atom stereocenters. The normalized spacial score (nSPS) is 22.1. The lowest BCUT2D eigenvalue weighted by Gasteiger charge is -2.38. The van der Waals surface area contributed by atoms with Gasteiger partial charge in [-0.15, -0.1) is 0 Å². The van der Waals surface area contributed by atoms with E-state index in [9.17, 15) is 14.7 Å². The number of amides is 2. The van der Waals surface area contributed by atoms with E-state index in [2.05, 4.69) is 10.6 Å². The maximum Gasteiger partial charge on any atom is 0.247 e. The first-order valence-corrected chi connectivity index (χ1v) is 10.4. The molecule has 3 N–H and O–H groups in total. The van der Waals surface area contributed by atoms with Crippen LogP contribution in [-0.4, -0.2) is 42.8 Å². The first-order valence-electron chi connectivity index (χ1n) is 10.4. The van der Waals surface area contributed by atoms with Gasteiger partial charge >= 0.3 is 0 Å². The van der Waals surface area contributed by atoms with Gasteiger partial charge in [0.05, 0.1) is 18.1 Å². The van der Waals surface area contributed by atoms with E-state index >= 15 is 0 Å². The van der Waals surface area contributed by atoms with Crippen LogP contribution >= 0.6 is 0 Å². The molecular weight excluding hydrogens is 380 g/mol. The van der Waals surface area contributed by atoms with Gasteiger partial charge in [0.1, 0.15) is 6.04 Å². The number of hydrogen-bond acceptors (Lipinski definition) is 4. The van der Waals surface area contributed by atoms with Crippen molar-refractivity contribution in [1.82, 2.24) is 5.32 Å². The smallest absolute Gasteiger partial charge is 0.247 e. The Balaban J connectivity index is 1.75. The van der Waals surface area contributed by atoms with Gasteiger partial charge in [-0.1, -0.05) is 48.5 Å². The lowest BCUT2D eigenvalue weighted by Crippen LogP contribution is -2.53. The molecule has 2 aromatic rings. The van der Waals surface area contributed by atoms with Crippen molar-refractivity contribution in [2.24, 2.45) is 5.41 Å². The van der Waals surface area contributed by atoms with Crippen molar-refractivity contribution in [3.8, 4) is 0 Å². The molecule has 1 fully saturated rings. The van der Waals surface area contributed by atoms with Crippen molar-refractivity contribution in [1.29, 1.82) is 0 Å². The Morgan fingerprint density at radius 2 is 1.67 bits per heavy atom. The van der Waals surface area contributed by atoms with Gasteiger partial charge < -0.3 is 20.5 Å². The van der Waals surface area contributed by atoms with Crippen LogP contribution in [0.2, 0.25) is 0 Å². The topological polar surface area (TPSA) is 87.7 Å². The van der Waals surface area contributed by atoms with Crippen LogP contribution in [0.1, 0.15) is 31.2 Å². The summed E-state index contributed by atoms with van der Waals surface area (Å²) in [6, 6.07) is 18.0. The van der Waals surface area contributed by atoms with E-state index in [1.807, 2.05) is 48.5 Å². The minimum atomic E-state index is -0.878. The highest BCUT2D eigenvalue weighted by molar-refractivity contribution is 5.98. The van der Waals surface area contributed by atoms with Crippen LogP contribution in [0.25, 0.3) is 0 Å². The van der Waals surface area contributed by atoms with E-state index in [0.29, 0.717) is 37.8 Å². The molecule has 0 aromatic heterocycles. The monoisotopic (exact) mass is 410 g/mol. The summed E-state index contributed by atoms with van der Waals surface area (Å²) in [6.45, 7) is -0.242. The third kappa shape index (κ3) is 5.46. The third-order valence-electron chi connectivity index (χ3n) is 5.95. The number of benzene rings is 2. The number of rotatable bonds is 8. The SMILES string of the molecule is CO[C@H]1CC[C@@](CO)(C(=O)N[C@@H](Cc2ccccc2)C(=O)Nc2ccccc2)CC1. The second-order valence-electron chi connectivity index (χ2n) is 7.94. The van der Waals surface area contributed by atoms with Gasteiger partial charge in [0, 0.05) is 19.2 Å². The molecule has 2 amide bonds. The lowest BCUT2D eigenvalue weighted by atomic mass is 9.72. The molecule has 1 saturated carbocycles. The first-order chi connectivity index (χ1) is 14.6. The molecular formula is C24H30N2O4. The minimum Gasteiger partial charge on any atom is -0.395 e. The zero-order valence-electron chi connectivity index (χ0n) is 17.3. The summed E-state index contributed by atoms with van der Waals surface area (Å²) in [6.07, 6.45) is 2.97. The summed E-state index contributed by atoms with van der Waals surface area (Å²) >= 11 is 0. The van der Waals surface area contributed by atoms with Crippen LogP contribution in [0.3, 0.4) is 0 Å². The van der Waals surface area contributed by atoms with Gasteiger partial charge in [-0.25, -0.2) is 0 Å². The van der Waals surface area contributed by atoms with Crippen LogP contribution in [0.5, 0.6) is 0 Å². The van der Waals surface area contributed by atoms with Crippen molar-refractivity contribution in [3.63, 3.8) is 0 Å². The summed E-state index contributed by atoms with van der Waals surface area (Å²) in [5.74, 6) is -0.555. The molecule has 0 spiro atoms. The summed E-state index contributed by atoms with van der Waals surface area (Å²) in [5, 5.41) is 15.9. The highest BCUT2D eigenvalue weighted by Gasteiger charge is 2.42. The standard InChI is InChI=1S/C24H30N2O4/c1-30-20-12-14-24(17-27,15-13-20)23(29)26-21(16-18-8-4-2-5-9-18)22(28)25-19-10-6-3-7-11-19/h2-11,20-21,27H,12-17H2,1H3,(H,25,28)(H,26,29)/t20-,21-,24+/m0/s1. The number of hydrogen-bond donors (Lipinski definition) is 3. The Kier molecular flexibility index (Phi) is 7.60. The zero-order valence-corrected chi connectivity index (χ0v) is 17.3. The van der Waals surface area contributed by atoms with E-state index in [0.717, 1.165) is 5.56 Å². The van der Waals surface area contributed by atoms with Crippen LogP contribution < -0.4 is 10.6 Å². The number of nitrogens with one attached hydrogen (secondary N) is 2. The Morgan fingerprint density at radius 3 is 2.23 bits per heavy atom. The Bertz CT molecular complexity index is 818. The number of methoxy groups -OCH3 is 1. The molecule has 1 aliphatic carbocycles. The second-order valence-corrected chi connectivity index (χ2v) is 7.94. The maximum absolute atomic E-state index is 13.2. The molecule has 6 nitrogen and oxygen atoms in total. The molecule has 0 saturated heterocycles. The van der Waals surface area contributed by atoms with Gasteiger partial charge in [0.15, 0.2) is 0 Å². The fourth-order valence-corrected chi connectivity index (χ4v) is 3.96. The highest BCUT2D eigenvalue weighted by Crippen LogP contribution is 2.37. The van der Waals surface area contributed by atoms with Crippen LogP contribution in [0.15, 0.2) is 60.7 Å². The highest BCUT2D eigenvalue weighted by atomic mass is 16.5. The van der Waals surface area contributed by atoms with Gasteiger partial charge in [-0.05, 0) is 43.4 Å². The van der Waals surface area contributed by atoms with Crippen LogP contribution in [0, 0.1) is 5.41 Å². The van der Waals surface area contributed by atoms with Crippen LogP contribution in [0.4, 0.5) is 5.69 Å². The third-order valence-corrected chi connectivity index (χ3v) is 5.95. The molecule has 2 aromatic carbocycles. The van der Waals surface area contributed by atoms with E-state index in [1.54, 1.807) is 19.2 Å². The number of anilines is 1. The summed E-state index contributed by atoms with van der Waals surface area (Å²) in [7, 11) is 1.67. The fourth-order valence-electron chi connectivity index (χ4n) is 3.96. The van der Waals surface area contributed by atoms with Crippen LogP contribution in [-0.2, 0) is 20.7 Å². The summed E-state index contributed by atoms with van der Waals surface area (Å²) in [4.78, 5) is 26.2. The Morgan fingerprint density at radius 1 is 1.07 bits per heavy atom. The van der Waals surface area contributed by atoms with Crippen molar-refractivity contribution >= 4 is 17.5 Å². The molecule has 160 valence electrons. The first kappa shape index (κ1) is 22.0. The lowest BCUT2D eigenvalue weighted by molar-refractivity contribution is -0.140. The number of aliphatic hydroxyl groups is 1. The molecule has 0 radical (unpaired) electrons. The molecule has 1 aliphatic rings. The maximum atomic E-state index is 13.2. The van der Waals surface area contributed by atoms with E-state index in [4.69, 9.17) is 4.74 Å². The predicted molar refractivity (Wildman–Crippen MR) is 116 cm³/mol. The number of para-hydroxylation sites is 1. The van der Waals surface area contributed by atoms with E-state index in [-0.39, 0.29) is 24.5 Å². The fraction of sp³-hybridized carbons (Fsp3) is 0.417. The average Bonchev–Trinajstić information content (AvgIpc) is 2.80. The molecule has 3 rings (SSSR count). The quantitative estimate of drug-likeness (QED) is 0.624.